The molecular formula is C8H16NO3P. The Morgan fingerprint density at radius 2 is 2.00 bits per heavy atom. The lowest BCUT2D eigenvalue weighted by atomic mass is 10.1. The van der Waals surface area contributed by atoms with Crippen molar-refractivity contribution < 1.29 is 14.2 Å². The van der Waals surface area contributed by atoms with Gasteiger partial charge in [0.05, 0.1) is 7.80 Å². The lowest BCUT2D eigenvalue weighted by molar-refractivity contribution is -0.131. The van der Waals surface area contributed by atoms with Gasteiger partial charge in [0.2, 0.25) is 11.8 Å². The Labute approximate surface area is 78.9 Å². The van der Waals surface area contributed by atoms with Crippen molar-refractivity contribution in [2.75, 3.05) is 12.8 Å². The molecule has 0 fully saturated rings. The van der Waals surface area contributed by atoms with Crippen molar-refractivity contribution in [1.29, 1.82) is 0 Å². The third kappa shape index (κ3) is 6.52. The van der Waals surface area contributed by atoms with E-state index in [1.165, 1.54) is 6.92 Å². The molecule has 0 saturated carbocycles. The molecule has 0 aromatic rings. The van der Waals surface area contributed by atoms with Crippen LogP contribution in [-0.2, 0) is 14.2 Å². The van der Waals surface area contributed by atoms with Crippen LogP contribution in [0.15, 0.2) is 0 Å². The second kappa shape index (κ2) is 5.92. The molecule has 0 bridgehead atoms. The molecule has 0 aliphatic carbocycles. The molecule has 2 atom stereocenters. The molecule has 2 unspecified atom stereocenters. The van der Waals surface area contributed by atoms with Crippen molar-refractivity contribution >= 4 is 19.6 Å². The van der Waals surface area contributed by atoms with Gasteiger partial charge in [0.15, 0.2) is 0 Å². The highest BCUT2D eigenvalue weighted by atomic mass is 31.1. The predicted octanol–water partition coefficient (Wildman–Crippen LogP) is 0.865. The molecule has 76 valence electrons. The minimum atomic E-state index is -1.51. The molecule has 0 spiro atoms. The first-order valence-corrected chi connectivity index (χ1v) is 6.36. The molecule has 0 aromatic heterocycles. The number of imide groups is 1. The van der Waals surface area contributed by atoms with E-state index in [4.69, 9.17) is 0 Å². The van der Waals surface area contributed by atoms with E-state index in [2.05, 4.69) is 5.32 Å². The summed E-state index contributed by atoms with van der Waals surface area (Å²) in [5.41, 5.74) is 0. The van der Waals surface area contributed by atoms with Crippen LogP contribution in [0.2, 0.25) is 0 Å². The Balaban J connectivity index is 3.82. The van der Waals surface area contributed by atoms with Crippen molar-refractivity contribution in [1.82, 2.24) is 5.32 Å². The molecule has 0 aromatic carbocycles. The number of nitrogens with one attached hydrogen (secondary N) is 1. The normalized spacial score (nSPS) is 14.7. The number of hydrogen-bond donors (Lipinski definition) is 1. The van der Waals surface area contributed by atoms with Crippen LogP contribution in [0.25, 0.3) is 0 Å². The zero-order chi connectivity index (χ0) is 10.4. The van der Waals surface area contributed by atoms with E-state index in [1.807, 2.05) is 0 Å². The minimum absolute atomic E-state index is 0.238. The summed E-state index contributed by atoms with van der Waals surface area (Å²) in [7, 11) is -1.51. The fraction of sp³-hybridized carbons (Fsp3) is 0.750. The molecule has 2 amide bonds. The molecule has 0 aliphatic heterocycles. The first-order chi connectivity index (χ1) is 5.93. The van der Waals surface area contributed by atoms with Crippen LogP contribution in [0, 0.1) is 5.92 Å². The van der Waals surface area contributed by atoms with Crippen LogP contribution in [0.4, 0.5) is 0 Å². The summed E-state index contributed by atoms with van der Waals surface area (Å²) in [5.74, 6) is -0.866. The Morgan fingerprint density at radius 3 is 2.38 bits per heavy atom. The SMILES string of the molecule is CC(=O)NC(=O)C(C)CC[PH](C)=O. The number of rotatable bonds is 4. The largest absolute Gasteiger partial charge is 0.327 e. The molecule has 0 saturated heterocycles. The summed E-state index contributed by atoms with van der Waals surface area (Å²) >= 11 is 0. The van der Waals surface area contributed by atoms with Crippen LogP contribution < -0.4 is 5.32 Å². The van der Waals surface area contributed by atoms with Crippen molar-refractivity contribution in [3.05, 3.63) is 0 Å². The first-order valence-electron chi connectivity index (χ1n) is 4.24. The predicted molar refractivity (Wildman–Crippen MR) is 52.4 cm³/mol. The van der Waals surface area contributed by atoms with Crippen LogP contribution in [0.3, 0.4) is 0 Å². The summed E-state index contributed by atoms with van der Waals surface area (Å²) in [6.45, 7) is 4.69. The quantitative estimate of drug-likeness (QED) is 0.692. The summed E-state index contributed by atoms with van der Waals surface area (Å²) in [6.07, 6.45) is 1.14. The number of hydrogen-bond acceptors (Lipinski definition) is 3. The first kappa shape index (κ1) is 12.4. The van der Waals surface area contributed by atoms with Crippen molar-refractivity contribution in [2.45, 2.75) is 20.3 Å². The number of carbonyl (C=O) groups excluding carboxylic acids is 2. The molecular weight excluding hydrogens is 189 g/mol. The number of carbonyl (C=O) groups is 2. The average molecular weight is 205 g/mol. The fourth-order valence-electron chi connectivity index (χ4n) is 0.848. The Kier molecular flexibility index (Phi) is 5.63. The lowest BCUT2D eigenvalue weighted by Crippen LogP contribution is -2.33. The Bertz CT molecular complexity index is 227. The molecule has 13 heavy (non-hydrogen) atoms. The summed E-state index contributed by atoms with van der Waals surface area (Å²) in [5, 5.41) is 2.20. The second-order valence-electron chi connectivity index (χ2n) is 3.19. The van der Waals surface area contributed by atoms with E-state index in [9.17, 15) is 14.2 Å². The smallest absolute Gasteiger partial charge is 0.229 e. The third-order valence-electron chi connectivity index (χ3n) is 1.68. The van der Waals surface area contributed by atoms with Gasteiger partial charge in [0.1, 0.15) is 0 Å². The van der Waals surface area contributed by atoms with Gasteiger partial charge >= 0.3 is 0 Å². The van der Waals surface area contributed by atoms with E-state index in [0.29, 0.717) is 12.6 Å². The molecule has 4 nitrogen and oxygen atoms in total. The van der Waals surface area contributed by atoms with Gasteiger partial charge in [-0.05, 0) is 19.2 Å². The fourth-order valence-corrected chi connectivity index (χ4v) is 1.69. The van der Waals surface area contributed by atoms with Crippen LogP contribution in [0.5, 0.6) is 0 Å². The van der Waals surface area contributed by atoms with Gasteiger partial charge in [-0.1, -0.05) is 6.92 Å². The van der Waals surface area contributed by atoms with Crippen molar-refractivity contribution in [2.24, 2.45) is 5.92 Å². The monoisotopic (exact) mass is 205 g/mol. The molecule has 0 aliphatic rings. The van der Waals surface area contributed by atoms with E-state index < -0.39 is 7.80 Å². The van der Waals surface area contributed by atoms with Crippen LogP contribution in [0.1, 0.15) is 20.3 Å². The van der Waals surface area contributed by atoms with Gasteiger partial charge in [0.25, 0.3) is 0 Å². The van der Waals surface area contributed by atoms with Crippen molar-refractivity contribution in [3.63, 3.8) is 0 Å². The highest BCUT2D eigenvalue weighted by Gasteiger charge is 2.13. The van der Waals surface area contributed by atoms with E-state index in [-0.39, 0.29) is 17.7 Å². The van der Waals surface area contributed by atoms with Gasteiger partial charge in [-0.3, -0.25) is 14.9 Å². The lowest BCUT2D eigenvalue weighted by Gasteiger charge is -2.08. The van der Waals surface area contributed by atoms with E-state index >= 15 is 0 Å². The van der Waals surface area contributed by atoms with Gasteiger partial charge in [-0.2, -0.15) is 0 Å². The minimum Gasteiger partial charge on any atom is -0.327 e. The average Bonchev–Trinajstić information content (AvgIpc) is 1.98. The highest BCUT2D eigenvalue weighted by molar-refractivity contribution is 7.43. The molecule has 5 heteroatoms. The van der Waals surface area contributed by atoms with Gasteiger partial charge in [-0.15, -0.1) is 0 Å². The maximum absolute atomic E-state index is 11.1. The van der Waals surface area contributed by atoms with Crippen LogP contribution >= 0.6 is 7.80 Å². The van der Waals surface area contributed by atoms with Crippen molar-refractivity contribution in [3.8, 4) is 0 Å². The summed E-state index contributed by atoms with van der Waals surface area (Å²) in [4.78, 5) is 21.7. The molecule has 1 N–H and O–H groups in total. The number of amides is 2. The molecule has 0 heterocycles. The zero-order valence-corrected chi connectivity index (χ0v) is 9.22. The maximum atomic E-state index is 11.1. The Morgan fingerprint density at radius 1 is 1.46 bits per heavy atom. The third-order valence-corrected chi connectivity index (χ3v) is 2.67. The Hall–Kier alpha value is -0.630. The van der Waals surface area contributed by atoms with E-state index in [1.54, 1.807) is 13.6 Å². The maximum Gasteiger partial charge on any atom is 0.229 e. The van der Waals surface area contributed by atoms with Gasteiger partial charge in [-0.25, -0.2) is 0 Å². The standard InChI is InChI=1S/C8H16NO3P/c1-6(4-5-13(3)12)8(11)9-7(2)10/h6,13H,4-5H2,1-3H3,(H,9,10,11). The summed E-state index contributed by atoms with van der Waals surface area (Å²) in [6, 6.07) is 0. The highest BCUT2D eigenvalue weighted by Crippen LogP contribution is 2.18. The van der Waals surface area contributed by atoms with Gasteiger partial charge < -0.3 is 4.57 Å². The van der Waals surface area contributed by atoms with E-state index in [0.717, 1.165) is 0 Å². The van der Waals surface area contributed by atoms with Crippen LogP contribution in [-0.4, -0.2) is 24.6 Å². The summed E-state index contributed by atoms with van der Waals surface area (Å²) < 4.78 is 10.8. The molecule has 0 radical (unpaired) electrons. The second-order valence-corrected chi connectivity index (χ2v) is 5.09. The van der Waals surface area contributed by atoms with Gasteiger partial charge in [0, 0.05) is 12.8 Å². The molecule has 0 rings (SSSR count). The zero-order valence-electron chi connectivity index (χ0n) is 8.22. The topological polar surface area (TPSA) is 63.2 Å².